The van der Waals surface area contributed by atoms with E-state index in [1.807, 2.05) is 6.07 Å². The zero-order chi connectivity index (χ0) is 13.9. The number of aromatic nitrogens is 1. The van der Waals surface area contributed by atoms with Crippen molar-refractivity contribution in [2.75, 3.05) is 6.54 Å². The van der Waals surface area contributed by atoms with Gasteiger partial charge in [0.2, 0.25) is 0 Å². The molecule has 20 heavy (non-hydrogen) atoms. The lowest BCUT2D eigenvalue weighted by molar-refractivity contribution is 0.473. The molecule has 1 aromatic heterocycles. The molecule has 1 atom stereocenters. The van der Waals surface area contributed by atoms with Crippen molar-refractivity contribution in [1.29, 1.82) is 0 Å². The van der Waals surface area contributed by atoms with E-state index in [1.165, 1.54) is 30.0 Å². The third kappa shape index (κ3) is 2.78. The van der Waals surface area contributed by atoms with Gasteiger partial charge in [-0.05, 0) is 54.6 Å². The van der Waals surface area contributed by atoms with E-state index in [9.17, 15) is 4.39 Å². The average molecular weight is 272 g/mol. The highest BCUT2D eigenvalue weighted by atomic mass is 19.1. The number of benzene rings is 1. The van der Waals surface area contributed by atoms with Crippen LogP contribution in [0, 0.1) is 5.82 Å². The lowest BCUT2D eigenvalue weighted by Crippen LogP contribution is -2.23. The summed E-state index contributed by atoms with van der Waals surface area (Å²) < 4.78 is 15.4. The molecular weight excluding hydrogens is 251 g/mol. The molecule has 0 fully saturated rings. The van der Waals surface area contributed by atoms with Crippen molar-refractivity contribution in [2.24, 2.45) is 0 Å². The van der Waals surface area contributed by atoms with E-state index in [4.69, 9.17) is 0 Å². The Morgan fingerprint density at radius 1 is 1.35 bits per heavy atom. The Kier molecular flexibility index (Phi) is 3.88. The van der Waals surface area contributed by atoms with Crippen molar-refractivity contribution in [3.8, 4) is 0 Å². The van der Waals surface area contributed by atoms with E-state index in [0.29, 0.717) is 6.04 Å². The predicted molar refractivity (Wildman–Crippen MR) is 79.3 cm³/mol. The Bertz CT molecular complexity index is 588. The van der Waals surface area contributed by atoms with Gasteiger partial charge in [0.05, 0.1) is 0 Å². The van der Waals surface area contributed by atoms with Crippen LogP contribution in [0.3, 0.4) is 0 Å². The van der Waals surface area contributed by atoms with Gasteiger partial charge >= 0.3 is 0 Å². The molecule has 0 aliphatic heterocycles. The molecule has 3 rings (SSSR count). The molecule has 2 nitrogen and oxygen atoms in total. The Balaban J connectivity index is 1.82. The Morgan fingerprint density at radius 3 is 3.05 bits per heavy atom. The number of nitrogens with one attached hydrogen (secondary N) is 1. The lowest BCUT2D eigenvalue weighted by Gasteiger charge is -2.22. The molecule has 0 saturated heterocycles. The summed E-state index contributed by atoms with van der Waals surface area (Å²) >= 11 is 0. The number of hydrogen-bond donors (Lipinski definition) is 1. The van der Waals surface area contributed by atoms with Gasteiger partial charge in [0.1, 0.15) is 5.82 Å². The maximum absolute atomic E-state index is 13.2. The van der Waals surface area contributed by atoms with E-state index >= 15 is 0 Å². The van der Waals surface area contributed by atoms with Crippen LogP contribution in [0.4, 0.5) is 4.39 Å². The smallest absolute Gasteiger partial charge is 0.123 e. The van der Waals surface area contributed by atoms with E-state index in [-0.39, 0.29) is 5.82 Å². The van der Waals surface area contributed by atoms with Crippen LogP contribution in [0.5, 0.6) is 0 Å². The van der Waals surface area contributed by atoms with Crippen molar-refractivity contribution in [3.63, 3.8) is 0 Å². The highest BCUT2D eigenvalue weighted by Gasteiger charge is 2.21. The van der Waals surface area contributed by atoms with Crippen molar-refractivity contribution in [3.05, 3.63) is 59.2 Å². The quantitative estimate of drug-likeness (QED) is 0.898. The normalized spacial score (nSPS) is 18.0. The SMILES string of the molecule is CCNC1CCCc2cn(Cc3cccc(F)c3)cc21. The number of hydrogen-bond acceptors (Lipinski definition) is 1. The van der Waals surface area contributed by atoms with Gasteiger partial charge in [-0.1, -0.05) is 19.1 Å². The second-order valence-corrected chi connectivity index (χ2v) is 5.54. The minimum atomic E-state index is -0.162. The van der Waals surface area contributed by atoms with E-state index < -0.39 is 0 Å². The van der Waals surface area contributed by atoms with Gasteiger partial charge in [0, 0.05) is 25.0 Å². The number of halogens is 1. The molecule has 0 saturated carbocycles. The minimum Gasteiger partial charge on any atom is -0.349 e. The van der Waals surface area contributed by atoms with Crippen molar-refractivity contribution >= 4 is 0 Å². The standard InChI is InChI=1S/C17H21FN2/c1-2-19-17-8-4-6-14-11-20(12-16(14)17)10-13-5-3-7-15(18)9-13/h3,5,7,9,11-12,17,19H,2,4,6,8,10H2,1H3. The van der Waals surface area contributed by atoms with Gasteiger partial charge < -0.3 is 9.88 Å². The monoisotopic (exact) mass is 272 g/mol. The molecule has 0 bridgehead atoms. The van der Waals surface area contributed by atoms with Crippen LogP contribution < -0.4 is 5.32 Å². The van der Waals surface area contributed by atoms with Crippen LogP contribution in [0.2, 0.25) is 0 Å². The molecule has 1 aromatic carbocycles. The summed E-state index contributed by atoms with van der Waals surface area (Å²) in [6.07, 6.45) is 8.07. The summed E-state index contributed by atoms with van der Waals surface area (Å²) in [5.74, 6) is -0.162. The molecular formula is C17H21FN2. The first-order chi connectivity index (χ1) is 9.76. The van der Waals surface area contributed by atoms with Gasteiger partial charge in [0.25, 0.3) is 0 Å². The molecule has 1 N–H and O–H groups in total. The summed E-state index contributed by atoms with van der Waals surface area (Å²) in [5.41, 5.74) is 3.88. The molecule has 106 valence electrons. The van der Waals surface area contributed by atoms with Crippen molar-refractivity contribution < 1.29 is 4.39 Å². The summed E-state index contributed by atoms with van der Waals surface area (Å²) in [7, 11) is 0. The van der Waals surface area contributed by atoms with E-state index in [2.05, 4.69) is 29.2 Å². The number of rotatable bonds is 4. The highest BCUT2D eigenvalue weighted by Crippen LogP contribution is 2.30. The zero-order valence-electron chi connectivity index (χ0n) is 11.9. The molecule has 0 spiro atoms. The topological polar surface area (TPSA) is 17.0 Å². The molecule has 0 amide bonds. The fourth-order valence-electron chi connectivity index (χ4n) is 3.14. The minimum absolute atomic E-state index is 0.162. The van der Waals surface area contributed by atoms with E-state index in [0.717, 1.165) is 25.1 Å². The number of aryl methyl sites for hydroxylation is 1. The second-order valence-electron chi connectivity index (χ2n) is 5.54. The molecule has 1 unspecified atom stereocenters. The Hall–Kier alpha value is -1.61. The molecule has 1 aliphatic carbocycles. The largest absolute Gasteiger partial charge is 0.349 e. The summed E-state index contributed by atoms with van der Waals surface area (Å²) in [5, 5.41) is 3.55. The Labute approximate surface area is 119 Å². The fourth-order valence-corrected chi connectivity index (χ4v) is 3.14. The first-order valence-electron chi connectivity index (χ1n) is 7.42. The number of nitrogens with zero attached hydrogens (tertiary/aromatic N) is 1. The van der Waals surface area contributed by atoms with Gasteiger partial charge in [-0.2, -0.15) is 0 Å². The van der Waals surface area contributed by atoms with Crippen LogP contribution >= 0.6 is 0 Å². The van der Waals surface area contributed by atoms with Crippen LogP contribution in [0.1, 0.15) is 42.5 Å². The van der Waals surface area contributed by atoms with Crippen molar-refractivity contribution in [1.82, 2.24) is 9.88 Å². The van der Waals surface area contributed by atoms with Crippen LogP contribution in [-0.2, 0) is 13.0 Å². The Morgan fingerprint density at radius 2 is 2.25 bits per heavy atom. The van der Waals surface area contributed by atoms with Crippen LogP contribution in [-0.4, -0.2) is 11.1 Å². The number of fused-ring (bicyclic) bond motifs is 1. The highest BCUT2D eigenvalue weighted by molar-refractivity contribution is 5.31. The molecule has 1 heterocycles. The van der Waals surface area contributed by atoms with Gasteiger partial charge in [-0.3, -0.25) is 0 Å². The molecule has 0 radical (unpaired) electrons. The second kappa shape index (κ2) is 5.80. The summed E-state index contributed by atoms with van der Waals surface area (Å²) in [4.78, 5) is 0. The molecule has 1 aliphatic rings. The maximum atomic E-state index is 13.2. The van der Waals surface area contributed by atoms with Gasteiger partial charge in [-0.25, -0.2) is 4.39 Å². The predicted octanol–water partition coefficient (Wildman–Crippen LogP) is 3.66. The van der Waals surface area contributed by atoms with Crippen molar-refractivity contribution in [2.45, 2.75) is 38.8 Å². The molecule has 2 aromatic rings. The maximum Gasteiger partial charge on any atom is 0.123 e. The van der Waals surface area contributed by atoms with Gasteiger partial charge in [-0.15, -0.1) is 0 Å². The molecule has 3 heteroatoms. The third-order valence-corrected chi connectivity index (χ3v) is 4.02. The summed E-state index contributed by atoms with van der Waals surface area (Å²) in [6.45, 7) is 3.89. The van der Waals surface area contributed by atoms with Crippen LogP contribution in [0.25, 0.3) is 0 Å². The average Bonchev–Trinajstić information content (AvgIpc) is 2.82. The fraction of sp³-hybridized carbons (Fsp3) is 0.412. The van der Waals surface area contributed by atoms with Crippen LogP contribution in [0.15, 0.2) is 36.7 Å². The third-order valence-electron chi connectivity index (χ3n) is 4.02. The zero-order valence-corrected chi connectivity index (χ0v) is 11.9. The lowest BCUT2D eigenvalue weighted by atomic mass is 9.91. The first kappa shape index (κ1) is 13.4. The first-order valence-corrected chi connectivity index (χ1v) is 7.42. The van der Waals surface area contributed by atoms with Gasteiger partial charge in [0.15, 0.2) is 0 Å². The van der Waals surface area contributed by atoms with E-state index in [1.54, 1.807) is 12.1 Å². The summed E-state index contributed by atoms with van der Waals surface area (Å²) in [6, 6.07) is 7.34.